The Balaban J connectivity index is 2.11. The van der Waals surface area contributed by atoms with Crippen LogP contribution in [0.4, 0.5) is 0 Å². The number of aromatic nitrogens is 1. The molecule has 4 heteroatoms. The van der Waals surface area contributed by atoms with Crippen molar-refractivity contribution in [1.82, 2.24) is 4.98 Å². The van der Waals surface area contributed by atoms with Crippen molar-refractivity contribution < 1.29 is 9.47 Å². The topological polar surface area (TPSA) is 31.4 Å². The molecule has 0 bridgehead atoms. The predicted octanol–water partition coefficient (Wildman–Crippen LogP) is 4.30. The highest BCUT2D eigenvalue weighted by Gasteiger charge is 2.48. The van der Waals surface area contributed by atoms with E-state index in [9.17, 15) is 0 Å². The first kappa shape index (κ1) is 14.0. The molecule has 0 amide bonds. The number of fused-ring (bicyclic) bond motifs is 1. The number of benzene rings is 1. The maximum absolute atomic E-state index is 6.21. The fourth-order valence-corrected chi connectivity index (χ4v) is 3.73. The van der Waals surface area contributed by atoms with Gasteiger partial charge >= 0.3 is 0 Å². The Hall–Kier alpha value is -0.970. The Morgan fingerprint density at radius 1 is 1.20 bits per heavy atom. The number of rotatable bonds is 1. The van der Waals surface area contributed by atoms with Crippen LogP contribution >= 0.6 is 11.3 Å². The number of hydrogen-bond acceptors (Lipinski definition) is 4. The van der Waals surface area contributed by atoms with E-state index in [2.05, 4.69) is 44.8 Å². The summed E-state index contributed by atoms with van der Waals surface area (Å²) in [4.78, 5) is 4.58. The van der Waals surface area contributed by atoms with Crippen LogP contribution in [0.15, 0.2) is 12.1 Å². The van der Waals surface area contributed by atoms with Gasteiger partial charge in [-0.15, -0.1) is 11.3 Å². The summed E-state index contributed by atoms with van der Waals surface area (Å²) in [5.41, 5.74) is 3.06. The third-order valence-electron chi connectivity index (χ3n) is 4.16. The SMILES string of the molecule is Cc1nc2c(C)cc(C3(C)OC(C)C(C)(C)O3)cc2s1. The molecule has 1 aliphatic heterocycles. The Morgan fingerprint density at radius 2 is 1.90 bits per heavy atom. The molecule has 0 radical (unpaired) electrons. The lowest BCUT2D eigenvalue weighted by Gasteiger charge is -2.26. The van der Waals surface area contributed by atoms with Crippen molar-refractivity contribution in [3.8, 4) is 0 Å². The number of nitrogens with zero attached hydrogens (tertiary/aromatic N) is 1. The zero-order valence-corrected chi connectivity index (χ0v) is 13.7. The smallest absolute Gasteiger partial charge is 0.193 e. The zero-order chi connectivity index (χ0) is 14.7. The van der Waals surface area contributed by atoms with Gasteiger partial charge in [0, 0.05) is 5.56 Å². The van der Waals surface area contributed by atoms with E-state index in [-0.39, 0.29) is 11.7 Å². The van der Waals surface area contributed by atoms with Gasteiger partial charge in [0.05, 0.1) is 26.9 Å². The molecule has 1 fully saturated rings. The molecule has 1 aromatic carbocycles. The van der Waals surface area contributed by atoms with E-state index in [4.69, 9.17) is 9.47 Å². The van der Waals surface area contributed by atoms with Crippen molar-refractivity contribution in [1.29, 1.82) is 0 Å². The maximum atomic E-state index is 6.21. The lowest BCUT2D eigenvalue weighted by molar-refractivity contribution is -0.179. The summed E-state index contributed by atoms with van der Waals surface area (Å²) >= 11 is 1.72. The van der Waals surface area contributed by atoms with Gasteiger partial charge in [-0.1, -0.05) is 0 Å². The molecular formula is C16H21NO2S. The first-order valence-corrected chi connectivity index (χ1v) is 7.79. The van der Waals surface area contributed by atoms with E-state index in [1.54, 1.807) is 11.3 Å². The molecule has 0 aliphatic carbocycles. The van der Waals surface area contributed by atoms with Crippen molar-refractivity contribution in [2.75, 3.05) is 0 Å². The van der Waals surface area contributed by atoms with Crippen LogP contribution in [0.5, 0.6) is 0 Å². The average Bonchev–Trinajstić information content (AvgIpc) is 2.77. The Bertz CT molecular complexity index is 676. The van der Waals surface area contributed by atoms with Crippen molar-refractivity contribution >= 4 is 21.6 Å². The van der Waals surface area contributed by atoms with Gasteiger partial charge in [0.25, 0.3) is 0 Å². The number of aryl methyl sites for hydroxylation is 2. The van der Waals surface area contributed by atoms with Crippen molar-refractivity contribution in [3.63, 3.8) is 0 Å². The summed E-state index contributed by atoms with van der Waals surface area (Å²) in [6.45, 7) is 12.4. The van der Waals surface area contributed by atoms with Crippen molar-refractivity contribution in [3.05, 3.63) is 28.3 Å². The first-order valence-electron chi connectivity index (χ1n) is 6.97. The molecule has 1 aromatic heterocycles. The van der Waals surface area contributed by atoms with Gasteiger partial charge in [0.1, 0.15) is 0 Å². The summed E-state index contributed by atoms with van der Waals surface area (Å²) in [5, 5.41) is 1.09. The fourth-order valence-electron chi connectivity index (χ4n) is 2.79. The molecule has 2 heterocycles. The summed E-state index contributed by atoms with van der Waals surface area (Å²) in [6.07, 6.45) is 0.0618. The quantitative estimate of drug-likeness (QED) is 0.785. The molecule has 1 aliphatic rings. The Labute approximate surface area is 123 Å². The standard InChI is InChI=1S/C16H21NO2S/c1-9-7-12(8-13-14(9)17-11(3)20-13)16(6)18-10(2)15(4,5)19-16/h7-8,10H,1-6H3. The lowest BCUT2D eigenvalue weighted by atomic mass is 10.0. The van der Waals surface area contributed by atoms with Gasteiger partial charge in [0.2, 0.25) is 0 Å². The number of hydrogen-bond donors (Lipinski definition) is 0. The lowest BCUT2D eigenvalue weighted by Crippen LogP contribution is -2.31. The third kappa shape index (κ3) is 2.07. The second kappa shape index (κ2) is 4.26. The van der Waals surface area contributed by atoms with Crippen LogP contribution in [0.3, 0.4) is 0 Å². The molecule has 2 aromatic rings. The molecule has 2 unspecified atom stereocenters. The minimum atomic E-state index is -0.681. The molecule has 108 valence electrons. The second-order valence-corrected chi connectivity index (χ2v) is 7.52. The predicted molar refractivity (Wildman–Crippen MR) is 82.2 cm³/mol. The van der Waals surface area contributed by atoms with Crippen LogP contribution < -0.4 is 0 Å². The van der Waals surface area contributed by atoms with E-state index < -0.39 is 5.79 Å². The highest BCUT2D eigenvalue weighted by atomic mass is 32.1. The van der Waals surface area contributed by atoms with Crippen molar-refractivity contribution in [2.24, 2.45) is 0 Å². The van der Waals surface area contributed by atoms with Crippen LogP contribution in [0.25, 0.3) is 10.2 Å². The maximum Gasteiger partial charge on any atom is 0.193 e. The highest BCUT2D eigenvalue weighted by molar-refractivity contribution is 7.18. The molecule has 3 nitrogen and oxygen atoms in total. The van der Waals surface area contributed by atoms with Gasteiger partial charge < -0.3 is 9.47 Å². The summed E-state index contributed by atoms with van der Waals surface area (Å²) in [6, 6.07) is 4.29. The zero-order valence-electron chi connectivity index (χ0n) is 12.9. The van der Waals surface area contributed by atoms with Gasteiger partial charge in [-0.3, -0.25) is 0 Å². The van der Waals surface area contributed by atoms with Crippen LogP contribution in [-0.2, 0) is 15.3 Å². The Kier molecular flexibility index (Phi) is 2.98. The highest BCUT2D eigenvalue weighted by Crippen LogP contribution is 2.44. The third-order valence-corrected chi connectivity index (χ3v) is 5.07. The molecule has 20 heavy (non-hydrogen) atoms. The summed E-state index contributed by atoms with van der Waals surface area (Å²) in [7, 11) is 0. The average molecular weight is 291 g/mol. The van der Waals surface area contributed by atoms with E-state index in [1.807, 2.05) is 13.8 Å². The van der Waals surface area contributed by atoms with E-state index in [1.165, 1.54) is 10.3 Å². The molecule has 0 spiro atoms. The molecule has 0 saturated carbocycles. The van der Waals surface area contributed by atoms with Crippen LogP contribution in [-0.4, -0.2) is 16.7 Å². The monoisotopic (exact) mass is 291 g/mol. The number of ether oxygens (including phenoxy) is 2. The van der Waals surface area contributed by atoms with Crippen LogP contribution in [0.1, 0.15) is 43.8 Å². The van der Waals surface area contributed by atoms with Gasteiger partial charge in [0.15, 0.2) is 5.79 Å². The minimum Gasteiger partial charge on any atom is -0.340 e. The van der Waals surface area contributed by atoms with E-state index in [0.717, 1.165) is 16.1 Å². The van der Waals surface area contributed by atoms with E-state index >= 15 is 0 Å². The molecule has 3 rings (SSSR count). The summed E-state index contributed by atoms with van der Waals surface area (Å²) in [5.74, 6) is -0.681. The van der Waals surface area contributed by atoms with Gasteiger partial charge in [-0.05, 0) is 59.2 Å². The fraction of sp³-hybridized carbons (Fsp3) is 0.562. The molecule has 0 N–H and O–H groups in total. The molecule has 2 atom stereocenters. The van der Waals surface area contributed by atoms with Crippen LogP contribution in [0.2, 0.25) is 0 Å². The number of thiazole rings is 1. The van der Waals surface area contributed by atoms with Gasteiger partial charge in [-0.25, -0.2) is 4.98 Å². The van der Waals surface area contributed by atoms with Gasteiger partial charge in [-0.2, -0.15) is 0 Å². The Morgan fingerprint density at radius 3 is 2.50 bits per heavy atom. The molecule has 1 saturated heterocycles. The summed E-state index contributed by atoms with van der Waals surface area (Å²) < 4.78 is 13.5. The minimum absolute atomic E-state index is 0.0618. The second-order valence-electron chi connectivity index (χ2n) is 6.28. The van der Waals surface area contributed by atoms with Crippen molar-refractivity contribution in [2.45, 2.75) is 59.0 Å². The van der Waals surface area contributed by atoms with E-state index in [0.29, 0.717) is 0 Å². The largest absolute Gasteiger partial charge is 0.340 e. The normalized spacial score (nSPS) is 29.2. The van der Waals surface area contributed by atoms with Crippen LogP contribution in [0, 0.1) is 13.8 Å². The molecular weight excluding hydrogens is 270 g/mol. The first-order chi connectivity index (χ1) is 9.21.